The first-order chi connectivity index (χ1) is 6.25. The zero-order valence-electron chi connectivity index (χ0n) is 6.90. The van der Waals surface area contributed by atoms with E-state index in [2.05, 4.69) is 4.74 Å². The minimum absolute atomic E-state index is 0.854. The molecule has 4 nitrogen and oxygen atoms in total. The molecule has 4 unspecified atom stereocenters. The summed E-state index contributed by atoms with van der Waals surface area (Å²) in [5.74, 6) is 0. The molecule has 0 spiro atoms. The Morgan fingerprint density at radius 2 is 1.93 bits per heavy atom. The Morgan fingerprint density at radius 1 is 1.43 bits per heavy atom. The normalized spacial score (nSPS) is 44.3. The molecule has 1 aliphatic rings. The van der Waals surface area contributed by atoms with Crippen LogP contribution in [0.1, 0.15) is 0 Å². The van der Waals surface area contributed by atoms with Gasteiger partial charge in [0.2, 0.25) is 5.60 Å². The Kier molecular flexibility index (Phi) is 2.83. The van der Waals surface area contributed by atoms with Gasteiger partial charge >= 0.3 is 6.18 Å². The largest absolute Gasteiger partial charge is 0.421 e. The Bertz CT molecular complexity index is 224. The molecule has 0 aromatic rings. The van der Waals surface area contributed by atoms with Gasteiger partial charge < -0.3 is 20.1 Å². The quantitative estimate of drug-likeness (QED) is 0.464. The van der Waals surface area contributed by atoms with Gasteiger partial charge in [0.15, 0.2) is 0 Å². The van der Waals surface area contributed by atoms with Crippen molar-refractivity contribution in [3.8, 4) is 0 Å². The van der Waals surface area contributed by atoms with Gasteiger partial charge in [0.05, 0.1) is 12.6 Å². The highest BCUT2D eigenvalue weighted by molar-refractivity contribution is 6.12. The van der Waals surface area contributed by atoms with Crippen LogP contribution < -0.4 is 0 Å². The summed E-state index contributed by atoms with van der Waals surface area (Å²) in [6.07, 6.45) is -8.94. The molecule has 2 radical (unpaired) electrons. The summed E-state index contributed by atoms with van der Waals surface area (Å²) >= 11 is 0. The molecule has 8 heteroatoms. The lowest BCUT2D eigenvalue weighted by Gasteiger charge is -2.31. The second kappa shape index (κ2) is 3.37. The summed E-state index contributed by atoms with van der Waals surface area (Å²) in [5, 5.41) is 26.7. The van der Waals surface area contributed by atoms with Crippen LogP contribution in [0.15, 0.2) is 0 Å². The Hall–Kier alpha value is -0.305. The molecule has 0 aromatic carbocycles. The van der Waals surface area contributed by atoms with Crippen molar-refractivity contribution in [2.75, 3.05) is 6.61 Å². The number of rotatable bonds is 1. The van der Waals surface area contributed by atoms with E-state index in [0.717, 1.165) is 0 Å². The first kappa shape index (κ1) is 11.8. The molecule has 80 valence electrons. The first-order valence-electron chi connectivity index (χ1n) is 3.74. The third-order valence-electron chi connectivity index (χ3n) is 2.19. The lowest BCUT2D eigenvalue weighted by atomic mass is 9.80. The number of ether oxygens (including phenoxy) is 1. The van der Waals surface area contributed by atoms with E-state index in [1.807, 2.05) is 0 Å². The van der Waals surface area contributed by atoms with Crippen molar-refractivity contribution in [1.29, 1.82) is 0 Å². The van der Waals surface area contributed by atoms with Gasteiger partial charge in [0, 0.05) is 0 Å². The third-order valence-corrected chi connectivity index (χ3v) is 2.19. The first-order valence-corrected chi connectivity index (χ1v) is 3.74. The SMILES string of the molecule is [B]C1OC(CO)C(O)C1(O)C(F)(F)F. The predicted molar refractivity (Wildman–Crippen MR) is 38.5 cm³/mol. The molecule has 0 saturated carbocycles. The van der Waals surface area contributed by atoms with Crippen LogP contribution >= 0.6 is 0 Å². The molecule has 1 rings (SSSR count). The highest BCUT2D eigenvalue weighted by Crippen LogP contribution is 2.42. The molecule has 1 saturated heterocycles. The summed E-state index contributed by atoms with van der Waals surface area (Å²) in [6, 6.07) is -2.10. The van der Waals surface area contributed by atoms with Gasteiger partial charge in [-0.1, -0.05) is 0 Å². The molecular weight excluding hydrogens is 204 g/mol. The number of hydrogen-bond acceptors (Lipinski definition) is 4. The van der Waals surface area contributed by atoms with E-state index in [-0.39, 0.29) is 0 Å². The Morgan fingerprint density at radius 3 is 2.14 bits per heavy atom. The lowest BCUT2D eigenvalue weighted by molar-refractivity contribution is -0.284. The van der Waals surface area contributed by atoms with E-state index < -0.39 is 36.6 Å². The van der Waals surface area contributed by atoms with Gasteiger partial charge in [-0.3, -0.25) is 0 Å². The highest BCUT2D eigenvalue weighted by Gasteiger charge is 2.67. The molecule has 1 heterocycles. The monoisotopic (exact) mass is 212 g/mol. The molecule has 1 fully saturated rings. The maximum absolute atomic E-state index is 12.3. The minimum Gasteiger partial charge on any atom is -0.394 e. The summed E-state index contributed by atoms with van der Waals surface area (Å²) < 4.78 is 41.3. The van der Waals surface area contributed by atoms with Crippen LogP contribution in [-0.2, 0) is 4.74 Å². The van der Waals surface area contributed by atoms with E-state index in [1.165, 1.54) is 0 Å². The van der Waals surface area contributed by atoms with E-state index in [4.69, 9.17) is 23.2 Å². The van der Waals surface area contributed by atoms with Crippen molar-refractivity contribution < 1.29 is 33.2 Å². The fourth-order valence-corrected chi connectivity index (χ4v) is 1.29. The molecule has 0 amide bonds. The zero-order chi connectivity index (χ0) is 11.1. The molecule has 14 heavy (non-hydrogen) atoms. The zero-order valence-corrected chi connectivity index (χ0v) is 6.90. The fraction of sp³-hybridized carbons (Fsp3) is 1.00. The smallest absolute Gasteiger partial charge is 0.394 e. The average Bonchev–Trinajstić information content (AvgIpc) is 2.29. The second-order valence-electron chi connectivity index (χ2n) is 3.05. The molecule has 0 aliphatic carbocycles. The van der Waals surface area contributed by atoms with E-state index in [9.17, 15) is 13.2 Å². The van der Waals surface area contributed by atoms with Crippen LogP contribution in [0.25, 0.3) is 0 Å². The number of aliphatic hydroxyl groups excluding tert-OH is 2. The van der Waals surface area contributed by atoms with Crippen LogP contribution in [0.5, 0.6) is 0 Å². The van der Waals surface area contributed by atoms with Gasteiger partial charge in [0.1, 0.15) is 20.1 Å². The Labute approximate surface area is 78.7 Å². The van der Waals surface area contributed by atoms with Crippen LogP contribution in [0.2, 0.25) is 0 Å². The van der Waals surface area contributed by atoms with Crippen LogP contribution in [0.4, 0.5) is 13.2 Å². The minimum atomic E-state index is -5.12. The van der Waals surface area contributed by atoms with Crippen molar-refractivity contribution in [1.82, 2.24) is 0 Å². The maximum atomic E-state index is 12.3. The maximum Gasteiger partial charge on any atom is 0.421 e. The molecular formula is C6H8BF3O4. The molecule has 0 aromatic heterocycles. The standard InChI is InChI=1S/C6H8BF3O4/c7-4-5(13,6(8,9)10)3(12)2(1-11)14-4/h2-4,11-13H,1H2. The van der Waals surface area contributed by atoms with Gasteiger partial charge in [-0.05, 0) is 0 Å². The number of halogens is 3. The third kappa shape index (κ3) is 1.42. The Balaban J connectivity index is 2.99. The summed E-state index contributed by atoms with van der Waals surface area (Å²) in [6.45, 7) is -0.854. The van der Waals surface area contributed by atoms with E-state index in [0.29, 0.717) is 0 Å². The topological polar surface area (TPSA) is 69.9 Å². The van der Waals surface area contributed by atoms with Crippen LogP contribution in [-0.4, -0.2) is 59.8 Å². The molecule has 3 N–H and O–H groups in total. The summed E-state index contributed by atoms with van der Waals surface area (Å²) in [7, 11) is 4.89. The van der Waals surface area contributed by atoms with Crippen LogP contribution in [0.3, 0.4) is 0 Å². The van der Waals surface area contributed by atoms with Crippen molar-refractivity contribution in [2.45, 2.75) is 30.0 Å². The van der Waals surface area contributed by atoms with E-state index in [1.54, 1.807) is 0 Å². The van der Waals surface area contributed by atoms with Crippen molar-refractivity contribution in [3.63, 3.8) is 0 Å². The number of alkyl halides is 3. The van der Waals surface area contributed by atoms with Crippen molar-refractivity contribution >= 4 is 7.85 Å². The highest BCUT2D eigenvalue weighted by atomic mass is 19.4. The van der Waals surface area contributed by atoms with Crippen molar-refractivity contribution in [3.05, 3.63) is 0 Å². The molecule has 1 aliphatic heterocycles. The molecule has 0 bridgehead atoms. The summed E-state index contributed by atoms with van der Waals surface area (Å²) in [5.41, 5.74) is -3.53. The van der Waals surface area contributed by atoms with Gasteiger partial charge in [-0.25, -0.2) is 0 Å². The van der Waals surface area contributed by atoms with Gasteiger partial charge in [0.25, 0.3) is 0 Å². The van der Waals surface area contributed by atoms with Crippen LogP contribution in [0, 0.1) is 0 Å². The summed E-state index contributed by atoms with van der Waals surface area (Å²) in [4.78, 5) is 0. The predicted octanol–water partition coefficient (Wildman–Crippen LogP) is -1.47. The lowest BCUT2D eigenvalue weighted by Crippen LogP contribution is -2.59. The van der Waals surface area contributed by atoms with Gasteiger partial charge in [-0.2, -0.15) is 13.2 Å². The van der Waals surface area contributed by atoms with E-state index >= 15 is 0 Å². The number of hydrogen-bond donors (Lipinski definition) is 3. The molecule has 4 atom stereocenters. The van der Waals surface area contributed by atoms with Gasteiger partial charge in [-0.15, -0.1) is 0 Å². The second-order valence-corrected chi connectivity index (χ2v) is 3.05. The van der Waals surface area contributed by atoms with Crippen molar-refractivity contribution in [2.24, 2.45) is 0 Å². The number of aliphatic hydroxyl groups is 3. The fourth-order valence-electron chi connectivity index (χ4n) is 1.29. The average molecular weight is 212 g/mol.